The van der Waals surface area contributed by atoms with Crippen molar-refractivity contribution < 1.29 is 0 Å². The van der Waals surface area contributed by atoms with Crippen molar-refractivity contribution in [2.75, 3.05) is 31.6 Å². The van der Waals surface area contributed by atoms with Crippen LogP contribution in [0.15, 0.2) is 53.7 Å². The van der Waals surface area contributed by atoms with Crippen LogP contribution in [0, 0.1) is 0 Å². The number of benzene rings is 1. The predicted octanol–water partition coefficient (Wildman–Crippen LogP) is 3.70. The Labute approximate surface area is 185 Å². The fraction of sp³-hybridized carbons (Fsp3) is 0.455. The molecule has 2 aliphatic rings. The minimum Gasteiger partial charge on any atom is -0.357 e. The average molecular weight is 491 g/mol. The van der Waals surface area contributed by atoms with E-state index in [0.717, 1.165) is 38.0 Å². The van der Waals surface area contributed by atoms with E-state index < -0.39 is 0 Å². The van der Waals surface area contributed by atoms with Gasteiger partial charge in [0.2, 0.25) is 0 Å². The van der Waals surface area contributed by atoms with Gasteiger partial charge >= 0.3 is 0 Å². The summed E-state index contributed by atoms with van der Waals surface area (Å²) in [4.78, 5) is 11.3. The van der Waals surface area contributed by atoms with Crippen molar-refractivity contribution in [2.24, 2.45) is 4.99 Å². The molecular weight excluding hydrogens is 461 g/mol. The first-order valence-electron chi connectivity index (χ1n) is 9.99. The number of nitrogens with zero attached hydrogens (tertiary/aromatic N) is 3. The molecule has 1 aromatic carbocycles. The highest BCUT2D eigenvalue weighted by molar-refractivity contribution is 14.0. The molecule has 2 heterocycles. The summed E-state index contributed by atoms with van der Waals surface area (Å²) in [5, 5.41) is 6.97. The van der Waals surface area contributed by atoms with E-state index in [9.17, 15) is 0 Å². The molecule has 1 saturated heterocycles. The van der Waals surface area contributed by atoms with Crippen molar-refractivity contribution in [3.8, 4) is 0 Å². The second-order valence-corrected chi connectivity index (χ2v) is 7.64. The molecule has 6 heteroatoms. The Kier molecular flexibility index (Phi) is 7.15. The number of anilines is 1. The summed E-state index contributed by atoms with van der Waals surface area (Å²) >= 11 is 0. The number of aromatic nitrogens is 1. The van der Waals surface area contributed by atoms with Crippen molar-refractivity contribution in [3.63, 3.8) is 0 Å². The third kappa shape index (κ3) is 4.96. The molecule has 2 aromatic rings. The Morgan fingerprint density at radius 2 is 1.86 bits per heavy atom. The summed E-state index contributed by atoms with van der Waals surface area (Å²) in [5.41, 5.74) is 2.94. The lowest BCUT2D eigenvalue weighted by Crippen LogP contribution is -2.40. The fourth-order valence-corrected chi connectivity index (χ4v) is 3.86. The minimum absolute atomic E-state index is 0. The summed E-state index contributed by atoms with van der Waals surface area (Å²) in [6, 6.07) is 15.1. The van der Waals surface area contributed by atoms with Crippen LogP contribution in [0.25, 0.3) is 0 Å². The number of nitrogens with one attached hydrogen (secondary N) is 2. The molecule has 1 aliphatic heterocycles. The number of hydrogen-bond donors (Lipinski definition) is 2. The third-order valence-electron chi connectivity index (χ3n) is 5.76. The van der Waals surface area contributed by atoms with E-state index in [2.05, 4.69) is 68.0 Å². The van der Waals surface area contributed by atoms with Crippen LogP contribution in [0.4, 0.5) is 5.82 Å². The molecule has 1 aliphatic carbocycles. The Morgan fingerprint density at radius 1 is 1.11 bits per heavy atom. The maximum absolute atomic E-state index is 4.53. The van der Waals surface area contributed by atoms with Gasteiger partial charge < -0.3 is 15.5 Å². The van der Waals surface area contributed by atoms with Gasteiger partial charge in [0.05, 0.1) is 0 Å². The van der Waals surface area contributed by atoms with Crippen LogP contribution in [0.3, 0.4) is 0 Å². The highest BCUT2D eigenvalue weighted by Gasteiger charge is 2.43. The zero-order valence-electron chi connectivity index (χ0n) is 16.5. The molecule has 150 valence electrons. The van der Waals surface area contributed by atoms with E-state index in [0.29, 0.717) is 0 Å². The fourth-order valence-electron chi connectivity index (χ4n) is 3.86. The second kappa shape index (κ2) is 9.58. The van der Waals surface area contributed by atoms with Gasteiger partial charge in [0.25, 0.3) is 0 Å². The maximum Gasteiger partial charge on any atom is 0.191 e. The second-order valence-electron chi connectivity index (χ2n) is 7.64. The summed E-state index contributed by atoms with van der Waals surface area (Å²) in [6.07, 6.45) is 6.93. The van der Waals surface area contributed by atoms with Crippen molar-refractivity contribution in [2.45, 2.75) is 37.6 Å². The van der Waals surface area contributed by atoms with Gasteiger partial charge in [0, 0.05) is 44.8 Å². The van der Waals surface area contributed by atoms with Crippen molar-refractivity contribution in [3.05, 3.63) is 59.8 Å². The van der Waals surface area contributed by atoms with Gasteiger partial charge in [0.1, 0.15) is 5.82 Å². The van der Waals surface area contributed by atoms with E-state index in [1.54, 1.807) is 0 Å². The van der Waals surface area contributed by atoms with E-state index in [4.69, 9.17) is 0 Å². The quantitative estimate of drug-likeness (QED) is 0.368. The first-order valence-corrected chi connectivity index (χ1v) is 9.99. The topological polar surface area (TPSA) is 52.6 Å². The van der Waals surface area contributed by atoms with Gasteiger partial charge in [0.15, 0.2) is 5.96 Å². The monoisotopic (exact) mass is 491 g/mol. The molecule has 5 nitrogen and oxygen atoms in total. The highest BCUT2D eigenvalue weighted by atomic mass is 127. The van der Waals surface area contributed by atoms with Crippen molar-refractivity contribution >= 4 is 35.8 Å². The van der Waals surface area contributed by atoms with Crippen LogP contribution in [-0.2, 0) is 12.0 Å². The molecule has 2 N–H and O–H groups in total. The van der Waals surface area contributed by atoms with Crippen LogP contribution in [0.2, 0.25) is 0 Å². The van der Waals surface area contributed by atoms with E-state index in [-0.39, 0.29) is 29.4 Å². The van der Waals surface area contributed by atoms with Crippen LogP contribution < -0.4 is 15.5 Å². The number of halogens is 1. The number of guanidine groups is 1. The molecule has 0 radical (unpaired) electrons. The van der Waals surface area contributed by atoms with E-state index >= 15 is 0 Å². The molecule has 28 heavy (non-hydrogen) atoms. The van der Waals surface area contributed by atoms with Crippen LogP contribution in [0.5, 0.6) is 0 Å². The predicted molar refractivity (Wildman–Crippen MR) is 127 cm³/mol. The number of hydrogen-bond acceptors (Lipinski definition) is 3. The molecular formula is C22H30IN5. The van der Waals surface area contributed by atoms with Gasteiger partial charge in [-0.25, -0.2) is 4.98 Å². The third-order valence-corrected chi connectivity index (χ3v) is 5.76. The summed E-state index contributed by atoms with van der Waals surface area (Å²) < 4.78 is 0. The molecule has 1 aromatic heterocycles. The molecule has 1 saturated carbocycles. The van der Waals surface area contributed by atoms with Gasteiger partial charge in [-0.2, -0.15) is 0 Å². The van der Waals surface area contributed by atoms with Gasteiger partial charge in [-0.1, -0.05) is 30.3 Å². The largest absolute Gasteiger partial charge is 0.357 e. The zero-order valence-corrected chi connectivity index (χ0v) is 18.9. The zero-order chi connectivity index (χ0) is 18.5. The lowest BCUT2D eigenvalue weighted by atomic mass is 9.96. The lowest BCUT2D eigenvalue weighted by molar-refractivity contribution is 0.645. The lowest BCUT2D eigenvalue weighted by Gasteiger charge is -2.20. The van der Waals surface area contributed by atoms with Gasteiger partial charge in [-0.05, 0) is 48.9 Å². The molecule has 0 amide bonds. The van der Waals surface area contributed by atoms with Crippen molar-refractivity contribution in [1.29, 1.82) is 0 Å². The molecule has 0 unspecified atom stereocenters. The first-order chi connectivity index (χ1) is 13.3. The van der Waals surface area contributed by atoms with Gasteiger partial charge in [-0.3, -0.25) is 4.99 Å². The van der Waals surface area contributed by atoms with E-state index in [1.165, 1.54) is 36.8 Å². The summed E-state index contributed by atoms with van der Waals surface area (Å²) in [7, 11) is 1.83. The average Bonchev–Trinajstić information content (AvgIpc) is 3.32. The Bertz CT molecular complexity index is 783. The van der Waals surface area contributed by atoms with Crippen LogP contribution in [0.1, 0.15) is 36.8 Å². The maximum atomic E-state index is 4.53. The first kappa shape index (κ1) is 20.9. The standard InChI is InChI=1S/C22H29N5.HI/c1-23-21(26-17-22(10-11-22)19-7-3-2-4-8-19)25-16-18-9-12-24-20(15-18)27-13-5-6-14-27;/h2-4,7-9,12,15H,5-6,10-11,13-14,16-17H2,1H3,(H2,23,25,26);1H. The normalized spacial score (nSPS) is 17.8. The number of rotatable bonds is 6. The summed E-state index contributed by atoms with van der Waals surface area (Å²) in [6.45, 7) is 3.91. The van der Waals surface area contributed by atoms with E-state index in [1.807, 2.05) is 13.2 Å². The minimum atomic E-state index is 0. The van der Waals surface area contributed by atoms with Crippen LogP contribution >= 0.6 is 24.0 Å². The van der Waals surface area contributed by atoms with Gasteiger partial charge in [-0.15, -0.1) is 24.0 Å². The molecule has 0 bridgehead atoms. The highest BCUT2D eigenvalue weighted by Crippen LogP contribution is 2.47. The Balaban J connectivity index is 0.00000225. The van der Waals surface area contributed by atoms with Crippen molar-refractivity contribution in [1.82, 2.24) is 15.6 Å². The Morgan fingerprint density at radius 3 is 2.54 bits per heavy atom. The van der Waals surface area contributed by atoms with Crippen LogP contribution in [-0.4, -0.2) is 37.6 Å². The Hall–Kier alpha value is -1.83. The number of aliphatic imine (C=N–C) groups is 1. The SMILES string of the molecule is CN=C(NCc1ccnc(N2CCCC2)c1)NCC1(c2ccccc2)CC1.I. The smallest absolute Gasteiger partial charge is 0.191 e. The number of pyridine rings is 1. The molecule has 2 fully saturated rings. The molecule has 4 rings (SSSR count). The molecule has 0 atom stereocenters. The summed E-state index contributed by atoms with van der Waals surface area (Å²) in [5.74, 6) is 1.95. The molecule has 0 spiro atoms.